The van der Waals surface area contributed by atoms with Crippen LogP contribution in [-0.4, -0.2) is 6.08 Å². The van der Waals surface area contributed by atoms with E-state index in [2.05, 4.69) is 30.1 Å². The molecule has 2 rings (SSSR count). The Kier molecular flexibility index (Phi) is 2.01. The van der Waals surface area contributed by atoms with E-state index in [0.29, 0.717) is 0 Å². The van der Waals surface area contributed by atoms with Crippen molar-refractivity contribution in [1.29, 1.82) is 0 Å². The second kappa shape index (κ2) is 3.07. The summed E-state index contributed by atoms with van der Waals surface area (Å²) in [4.78, 5) is 14.3. The SMILES string of the molecule is Cc1ccc2c(c1)CCC2(C)N=C=O. The van der Waals surface area contributed by atoms with Crippen molar-refractivity contribution < 1.29 is 4.79 Å². The normalized spacial score (nSPS) is 24.1. The summed E-state index contributed by atoms with van der Waals surface area (Å²) in [5.74, 6) is 0. The lowest BCUT2D eigenvalue weighted by atomic mass is 9.94. The molecular formula is C12H13NO. The van der Waals surface area contributed by atoms with Crippen molar-refractivity contribution in [2.75, 3.05) is 0 Å². The number of isocyanates is 1. The molecule has 0 heterocycles. The highest BCUT2D eigenvalue weighted by Gasteiger charge is 2.33. The van der Waals surface area contributed by atoms with E-state index in [4.69, 9.17) is 0 Å². The Labute approximate surface area is 83.7 Å². The molecular weight excluding hydrogens is 174 g/mol. The van der Waals surface area contributed by atoms with Gasteiger partial charge in [0.1, 0.15) is 0 Å². The highest BCUT2D eigenvalue weighted by Crippen LogP contribution is 2.39. The number of rotatable bonds is 1. The van der Waals surface area contributed by atoms with Gasteiger partial charge in [-0.1, -0.05) is 23.8 Å². The number of aliphatic imine (C=N–C) groups is 1. The van der Waals surface area contributed by atoms with Crippen LogP contribution in [0.25, 0.3) is 0 Å². The minimum Gasteiger partial charge on any atom is -0.211 e. The molecule has 0 saturated carbocycles. The molecule has 0 radical (unpaired) electrons. The van der Waals surface area contributed by atoms with Gasteiger partial charge >= 0.3 is 0 Å². The lowest BCUT2D eigenvalue weighted by Crippen LogP contribution is -2.14. The predicted octanol–water partition coefficient (Wildman–Crippen LogP) is 2.49. The van der Waals surface area contributed by atoms with Crippen molar-refractivity contribution >= 4 is 6.08 Å². The van der Waals surface area contributed by atoms with Gasteiger partial charge in [-0.2, -0.15) is 4.99 Å². The highest BCUT2D eigenvalue weighted by molar-refractivity contribution is 5.44. The summed E-state index contributed by atoms with van der Waals surface area (Å²) in [6.07, 6.45) is 3.61. The van der Waals surface area contributed by atoms with Crippen LogP contribution in [0.15, 0.2) is 23.2 Å². The zero-order chi connectivity index (χ0) is 10.2. The molecule has 1 aromatic carbocycles. The lowest BCUT2D eigenvalue weighted by Gasteiger charge is -2.17. The van der Waals surface area contributed by atoms with E-state index in [1.807, 2.05) is 6.92 Å². The van der Waals surface area contributed by atoms with Crippen LogP contribution in [0.2, 0.25) is 0 Å². The van der Waals surface area contributed by atoms with Crippen molar-refractivity contribution in [1.82, 2.24) is 0 Å². The Morgan fingerprint density at radius 3 is 3.00 bits per heavy atom. The van der Waals surface area contributed by atoms with Crippen LogP contribution in [-0.2, 0) is 16.8 Å². The average Bonchev–Trinajstić information content (AvgIpc) is 2.44. The van der Waals surface area contributed by atoms with Gasteiger partial charge in [0.2, 0.25) is 6.08 Å². The van der Waals surface area contributed by atoms with Crippen LogP contribution in [0.5, 0.6) is 0 Å². The second-order valence-electron chi connectivity index (χ2n) is 4.14. The molecule has 72 valence electrons. The molecule has 1 aliphatic rings. The molecule has 0 spiro atoms. The van der Waals surface area contributed by atoms with Crippen molar-refractivity contribution in [3.05, 3.63) is 34.9 Å². The highest BCUT2D eigenvalue weighted by atomic mass is 16.1. The molecule has 0 amide bonds. The van der Waals surface area contributed by atoms with Gasteiger partial charge in [0.25, 0.3) is 0 Å². The molecule has 2 nitrogen and oxygen atoms in total. The zero-order valence-corrected chi connectivity index (χ0v) is 8.50. The Morgan fingerprint density at radius 2 is 2.29 bits per heavy atom. The average molecular weight is 187 g/mol. The number of aryl methyl sites for hydroxylation is 2. The minimum atomic E-state index is -0.329. The van der Waals surface area contributed by atoms with Crippen LogP contribution in [0.3, 0.4) is 0 Å². The summed E-state index contributed by atoms with van der Waals surface area (Å²) in [5, 5.41) is 0. The standard InChI is InChI=1S/C12H13NO/c1-9-3-4-11-10(7-9)5-6-12(11,2)13-8-14/h3-4,7H,5-6H2,1-2H3. The Balaban J connectivity index is 2.54. The molecule has 1 aliphatic carbocycles. The summed E-state index contributed by atoms with van der Waals surface area (Å²) in [7, 11) is 0. The van der Waals surface area contributed by atoms with Crippen LogP contribution in [0, 0.1) is 6.92 Å². The van der Waals surface area contributed by atoms with Crippen LogP contribution < -0.4 is 0 Å². The van der Waals surface area contributed by atoms with Crippen molar-refractivity contribution in [3.63, 3.8) is 0 Å². The van der Waals surface area contributed by atoms with Gasteiger partial charge in [0.05, 0.1) is 5.54 Å². The molecule has 1 atom stereocenters. The third-order valence-corrected chi connectivity index (χ3v) is 3.01. The third-order valence-electron chi connectivity index (χ3n) is 3.01. The molecule has 0 bridgehead atoms. The molecule has 0 aromatic heterocycles. The molecule has 1 aromatic rings. The Bertz CT molecular complexity index is 418. The maximum Gasteiger partial charge on any atom is 0.235 e. The summed E-state index contributed by atoms with van der Waals surface area (Å²) >= 11 is 0. The van der Waals surface area contributed by atoms with E-state index in [1.54, 1.807) is 6.08 Å². The number of carbonyl (C=O) groups excluding carboxylic acids is 1. The first-order valence-electron chi connectivity index (χ1n) is 4.85. The maximum absolute atomic E-state index is 10.4. The first-order chi connectivity index (χ1) is 6.65. The fourth-order valence-electron chi connectivity index (χ4n) is 2.18. The molecule has 1 unspecified atom stereocenters. The smallest absolute Gasteiger partial charge is 0.211 e. The zero-order valence-electron chi connectivity index (χ0n) is 8.50. The number of fused-ring (bicyclic) bond motifs is 1. The lowest BCUT2D eigenvalue weighted by molar-refractivity contribution is 0.482. The van der Waals surface area contributed by atoms with Gasteiger partial charge in [-0.05, 0) is 37.8 Å². The van der Waals surface area contributed by atoms with Gasteiger partial charge in [-0.15, -0.1) is 0 Å². The van der Waals surface area contributed by atoms with Crippen LogP contribution >= 0.6 is 0 Å². The van der Waals surface area contributed by atoms with E-state index in [0.717, 1.165) is 12.8 Å². The maximum atomic E-state index is 10.4. The number of nitrogens with zero attached hydrogens (tertiary/aromatic N) is 1. The fraction of sp³-hybridized carbons (Fsp3) is 0.417. The number of hydrogen-bond donors (Lipinski definition) is 0. The molecule has 0 aliphatic heterocycles. The quantitative estimate of drug-likeness (QED) is 0.490. The van der Waals surface area contributed by atoms with E-state index >= 15 is 0 Å². The monoisotopic (exact) mass is 187 g/mol. The summed E-state index contributed by atoms with van der Waals surface area (Å²) < 4.78 is 0. The Hall–Kier alpha value is -1.40. The Morgan fingerprint density at radius 1 is 1.50 bits per heavy atom. The van der Waals surface area contributed by atoms with Crippen LogP contribution in [0.1, 0.15) is 30.0 Å². The second-order valence-corrected chi connectivity index (χ2v) is 4.14. The summed E-state index contributed by atoms with van der Waals surface area (Å²) in [5.41, 5.74) is 3.45. The first-order valence-corrected chi connectivity index (χ1v) is 4.85. The topological polar surface area (TPSA) is 29.4 Å². The van der Waals surface area contributed by atoms with E-state index in [9.17, 15) is 4.79 Å². The molecule has 0 fully saturated rings. The fourth-order valence-corrected chi connectivity index (χ4v) is 2.18. The van der Waals surface area contributed by atoms with E-state index in [1.165, 1.54) is 16.7 Å². The molecule has 0 N–H and O–H groups in total. The van der Waals surface area contributed by atoms with E-state index < -0.39 is 0 Å². The van der Waals surface area contributed by atoms with Gasteiger partial charge in [-0.3, -0.25) is 0 Å². The van der Waals surface area contributed by atoms with Crippen molar-refractivity contribution in [3.8, 4) is 0 Å². The van der Waals surface area contributed by atoms with Crippen molar-refractivity contribution in [2.45, 2.75) is 32.2 Å². The molecule has 14 heavy (non-hydrogen) atoms. The van der Waals surface area contributed by atoms with Crippen LogP contribution in [0.4, 0.5) is 0 Å². The molecule has 2 heteroatoms. The van der Waals surface area contributed by atoms with Crippen molar-refractivity contribution in [2.24, 2.45) is 4.99 Å². The number of hydrogen-bond acceptors (Lipinski definition) is 2. The van der Waals surface area contributed by atoms with E-state index in [-0.39, 0.29) is 5.54 Å². The largest absolute Gasteiger partial charge is 0.235 e. The van der Waals surface area contributed by atoms with Gasteiger partial charge in [0.15, 0.2) is 0 Å². The summed E-state index contributed by atoms with van der Waals surface area (Å²) in [6.45, 7) is 4.08. The summed E-state index contributed by atoms with van der Waals surface area (Å²) in [6, 6.07) is 6.34. The minimum absolute atomic E-state index is 0.329. The number of benzene rings is 1. The molecule has 0 saturated heterocycles. The third kappa shape index (κ3) is 1.28. The van der Waals surface area contributed by atoms with Gasteiger partial charge < -0.3 is 0 Å². The van der Waals surface area contributed by atoms with Gasteiger partial charge in [-0.25, -0.2) is 4.79 Å². The first kappa shape index (κ1) is 9.17. The predicted molar refractivity (Wildman–Crippen MR) is 55.0 cm³/mol. The van der Waals surface area contributed by atoms with Gasteiger partial charge in [0, 0.05) is 0 Å².